The van der Waals surface area contributed by atoms with Crippen molar-refractivity contribution in [1.82, 2.24) is 14.9 Å². The number of hydrogen-bond donors (Lipinski definition) is 0. The number of likely N-dealkylation sites (N-methyl/N-ethyl adjacent to an activating group) is 1. The van der Waals surface area contributed by atoms with E-state index < -0.39 is 0 Å². The lowest BCUT2D eigenvalue weighted by Crippen LogP contribution is -2.41. The molecule has 0 spiro atoms. The Bertz CT molecular complexity index is 731. The highest BCUT2D eigenvalue weighted by Gasteiger charge is 2.21. The molecule has 6 heteroatoms. The van der Waals surface area contributed by atoms with Crippen LogP contribution in [0.5, 0.6) is 5.75 Å². The third kappa shape index (κ3) is 3.60. The summed E-state index contributed by atoms with van der Waals surface area (Å²) in [5.41, 5.74) is 3.36. The molecule has 0 saturated carbocycles. The number of rotatable bonds is 4. The van der Waals surface area contributed by atoms with Gasteiger partial charge in [0, 0.05) is 45.2 Å². The van der Waals surface area contributed by atoms with Crippen molar-refractivity contribution in [3.63, 3.8) is 0 Å². The van der Waals surface area contributed by atoms with Crippen LogP contribution in [-0.2, 0) is 17.8 Å². The summed E-state index contributed by atoms with van der Waals surface area (Å²) >= 11 is 0. The highest BCUT2D eigenvalue weighted by atomic mass is 16.5. The van der Waals surface area contributed by atoms with Crippen molar-refractivity contribution < 1.29 is 9.47 Å². The molecule has 1 aromatic carbocycles. The van der Waals surface area contributed by atoms with Crippen LogP contribution < -0.4 is 9.64 Å². The van der Waals surface area contributed by atoms with E-state index in [0.29, 0.717) is 6.61 Å². The van der Waals surface area contributed by atoms with Gasteiger partial charge in [0.2, 0.25) is 0 Å². The van der Waals surface area contributed by atoms with E-state index in [2.05, 4.69) is 38.9 Å². The molecule has 6 nitrogen and oxygen atoms in total. The third-order valence-electron chi connectivity index (χ3n) is 4.93. The Labute approximate surface area is 148 Å². The normalized spacial score (nSPS) is 17.2. The van der Waals surface area contributed by atoms with E-state index in [4.69, 9.17) is 9.47 Å². The summed E-state index contributed by atoms with van der Waals surface area (Å²) < 4.78 is 11.4. The SMILES string of the molecule is CN(CCN1CCOCC1)c1ncnc2c1Cc1ccccc1OC2. The standard InChI is InChI=1S/C19H24N4O2/c1-22(6-7-23-8-10-24-11-9-23)19-16-12-15-4-2-3-5-18(15)25-13-17(16)20-14-21-19/h2-5,14H,6-13H2,1H3. The largest absolute Gasteiger partial charge is 0.487 e. The molecule has 1 fully saturated rings. The molecular weight excluding hydrogens is 316 g/mol. The molecule has 2 aromatic rings. The summed E-state index contributed by atoms with van der Waals surface area (Å²) in [6.45, 7) is 6.15. The van der Waals surface area contributed by atoms with E-state index in [1.165, 1.54) is 11.1 Å². The fourth-order valence-corrected chi connectivity index (χ4v) is 3.42. The number of aromatic nitrogens is 2. The number of fused-ring (bicyclic) bond motifs is 2. The number of ether oxygens (including phenoxy) is 2. The minimum absolute atomic E-state index is 0.499. The average molecular weight is 340 g/mol. The van der Waals surface area contributed by atoms with Crippen LogP contribution >= 0.6 is 0 Å². The van der Waals surface area contributed by atoms with Crippen molar-refractivity contribution >= 4 is 5.82 Å². The van der Waals surface area contributed by atoms with E-state index in [-0.39, 0.29) is 0 Å². The molecule has 0 N–H and O–H groups in total. The summed E-state index contributed by atoms with van der Waals surface area (Å²) in [5, 5.41) is 0. The predicted molar refractivity (Wildman–Crippen MR) is 96.1 cm³/mol. The van der Waals surface area contributed by atoms with Gasteiger partial charge in [0.05, 0.1) is 18.9 Å². The maximum Gasteiger partial charge on any atom is 0.135 e. The van der Waals surface area contributed by atoms with E-state index in [1.807, 2.05) is 12.1 Å². The summed E-state index contributed by atoms with van der Waals surface area (Å²) in [5.74, 6) is 1.96. The van der Waals surface area contributed by atoms with Gasteiger partial charge < -0.3 is 14.4 Å². The van der Waals surface area contributed by atoms with Crippen molar-refractivity contribution in [2.45, 2.75) is 13.0 Å². The molecule has 3 heterocycles. The molecule has 2 aliphatic rings. The monoisotopic (exact) mass is 340 g/mol. The third-order valence-corrected chi connectivity index (χ3v) is 4.93. The maximum absolute atomic E-state index is 5.93. The van der Waals surface area contributed by atoms with Gasteiger partial charge in [-0.15, -0.1) is 0 Å². The van der Waals surface area contributed by atoms with Crippen LogP contribution in [-0.4, -0.2) is 61.3 Å². The first-order valence-corrected chi connectivity index (χ1v) is 8.86. The minimum Gasteiger partial charge on any atom is -0.487 e. The molecule has 132 valence electrons. The highest BCUT2D eigenvalue weighted by molar-refractivity contribution is 5.53. The summed E-state index contributed by atoms with van der Waals surface area (Å²) in [6.07, 6.45) is 2.46. The molecule has 25 heavy (non-hydrogen) atoms. The fraction of sp³-hybridized carbons (Fsp3) is 0.474. The van der Waals surface area contributed by atoms with Gasteiger partial charge in [-0.25, -0.2) is 9.97 Å². The quantitative estimate of drug-likeness (QED) is 0.845. The molecule has 4 rings (SSSR count). The van der Waals surface area contributed by atoms with Crippen molar-refractivity contribution in [3.05, 3.63) is 47.4 Å². The molecule has 0 aliphatic carbocycles. The zero-order valence-corrected chi connectivity index (χ0v) is 14.6. The molecule has 1 aromatic heterocycles. The van der Waals surface area contributed by atoms with Crippen LogP contribution in [0.3, 0.4) is 0 Å². The molecule has 2 aliphatic heterocycles. The van der Waals surface area contributed by atoms with Gasteiger partial charge in [0.15, 0.2) is 0 Å². The van der Waals surface area contributed by atoms with E-state index in [1.54, 1.807) is 6.33 Å². The number of benzene rings is 1. The summed E-state index contributed by atoms with van der Waals surface area (Å²) in [7, 11) is 2.11. The molecule has 0 bridgehead atoms. The number of para-hydroxylation sites is 1. The summed E-state index contributed by atoms with van der Waals surface area (Å²) in [4.78, 5) is 13.7. The Hall–Kier alpha value is -2.18. The molecule has 0 radical (unpaired) electrons. The first kappa shape index (κ1) is 16.3. The van der Waals surface area contributed by atoms with Crippen LogP contribution in [0.15, 0.2) is 30.6 Å². The molecule has 0 amide bonds. The lowest BCUT2D eigenvalue weighted by atomic mass is 10.0. The van der Waals surface area contributed by atoms with Crippen LogP contribution in [0.1, 0.15) is 16.8 Å². The molecule has 0 unspecified atom stereocenters. The second-order valence-corrected chi connectivity index (χ2v) is 6.57. The smallest absolute Gasteiger partial charge is 0.135 e. The minimum atomic E-state index is 0.499. The van der Waals surface area contributed by atoms with Crippen LogP contribution in [0.25, 0.3) is 0 Å². The number of morpholine rings is 1. The van der Waals surface area contributed by atoms with Gasteiger partial charge in [-0.2, -0.15) is 0 Å². The second-order valence-electron chi connectivity index (χ2n) is 6.57. The van der Waals surface area contributed by atoms with Gasteiger partial charge in [0.1, 0.15) is 24.5 Å². The van der Waals surface area contributed by atoms with Gasteiger partial charge in [-0.3, -0.25) is 4.90 Å². The Morgan fingerprint density at radius 1 is 1.16 bits per heavy atom. The van der Waals surface area contributed by atoms with E-state index >= 15 is 0 Å². The second kappa shape index (κ2) is 7.37. The number of hydrogen-bond acceptors (Lipinski definition) is 6. The Kier molecular flexibility index (Phi) is 4.81. The Morgan fingerprint density at radius 2 is 2.00 bits per heavy atom. The molecular formula is C19H24N4O2. The summed E-state index contributed by atoms with van der Waals surface area (Å²) in [6, 6.07) is 8.21. The maximum atomic E-state index is 5.93. The molecule has 0 atom stereocenters. The average Bonchev–Trinajstić information content (AvgIpc) is 2.86. The zero-order valence-electron chi connectivity index (χ0n) is 14.6. The predicted octanol–water partition coefficient (Wildman–Crippen LogP) is 1.73. The number of nitrogens with zero attached hydrogens (tertiary/aromatic N) is 4. The van der Waals surface area contributed by atoms with Gasteiger partial charge in [-0.1, -0.05) is 18.2 Å². The Balaban J connectivity index is 1.53. The van der Waals surface area contributed by atoms with E-state index in [0.717, 1.165) is 63.1 Å². The van der Waals surface area contributed by atoms with Crippen molar-refractivity contribution in [2.75, 3.05) is 51.3 Å². The van der Waals surface area contributed by atoms with Crippen LogP contribution in [0.4, 0.5) is 5.82 Å². The number of anilines is 1. The first-order valence-electron chi connectivity index (χ1n) is 8.86. The van der Waals surface area contributed by atoms with Crippen molar-refractivity contribution in [3.8, 4) is 5.75 Å². The topological polar surface area (TPSA) is 50.7 Å². The van der Waals surface area contributed by atoms with E-state index in [9.17, 15) is 0 Å². The van der Waals surface area contributed by atoms with Crippen LogP contribution in [0, 0.1) is 0 Å². The highest BCUT2D eigenvalue weighted by Crippen LogP contribution is 2.31. The van der Waals surface area contributed by atoms with Gasteiger partial charge in [-0.05, 0) is 11.6 Å². The Morgan fingerprint density at radius 3 is 2.88 bits per heavy atom. The fourth-order valence-electron chi connectivity index (χ4n) is 3.42. The zero-order chi connectivity index (χ0) is 17.1. The van der Waals surface area contributed by atoms with Gasteiger partial charge in [0.25, 0.3) is 0 Å². The molecule has 1 saturated heterocycles. The van der Waals surface area contributed by atoms with Gasteiger partial charge >= 0.3 is 0 Å². The van der Waals surface area contributed by atoms with Crippen LogP contribution in [0.2, 0.25) is 0 Å². The van der Waals surface area contributed by atoms with Crippen molar-refractivity contribution in [1.29, 1.82) is 0 Å². The first-order chi connectivity index (χ1) is 12.3. The lowest BCUT2D eigenvalue weighted by Gasteiger charge is -2.29. The lowest BCUT2D eigenvalue weighted by molar-refractivity contribution is 0.0392. The van der Waals surface area contributed by atoms with Crippen molar-refractivity contribution in [2.24, 2.45) is 0 Å².